The SMILES string of the molecule is CN(C)CCCNC(=S)NCCC[N+]1=C(/C=C/C2=C(OC3CCCCC3)C(=C/C=C3/N(CCCCS(=O)(=O)O)C4CCCCC4C3(C)C)/CCC2)C(C)(C)C2C3CCCCC3CCC21. The molecule has 7 rings (SSSR count). The van der Waals surface area contributed by atoms with Crippen LogP contribution in [-0.2, 0) is 14.9 Å². The van der Waals surface area contributed by atoms with Gasteiger partial charge in [-0.1, -0.05) is 58.4 Å². The van der Waals surface area contributed by atoms with Crippen molar-refractivity contribution in [3.63, 3.8) is 0 Å². The number of thiocarbonyl (C=S) groups is 1. The topological polar surface area (TPSA) is 97.1 Å². The minimum absolute atomic E-state index is 0.0296. The third-order valence-corrected chi connectivity index (χ3v) is 18.2. The van der Waals surface area contributed by atoms with Crippen molar-refractivity contribution in [1.29, 1.82) is 0 Å². The summed E-state index contributed by atoms with van der Waals surface area (Å²) in [5.74, 6) is 3.96. The molecule has 0 bridgehead atoms. The van der Waals surface area contributed by atoms with Crippen molar-refractivity contribution in [2.45, 2.75) is 187 Å². The van der Waals surface area contributed by atoms with Gasteiger partial charge < -0.3 is 25.2 Å². The minimum Gasteiger partial charge on any atom is -0.490 e. The van der Waals surface area contributed by atoms with Crippen LogP contribution in [0.5, 0.6) is 0 Å². The largest absolute Gasteiger partial charge is 0.490 e. The molecule has 0 aromatic carbocycles. The highest BCUT2D eigenvalue weighted by Crippen LogP contribution is 2.56. The number of nitrogens with one attached hydrogen (secondary N) is 2. The van der Waals surface area contributed by atoms with Gasteiger partial charge >= 0.3 is 0 Å². The monoisotopic (exact) mass is 923 g/mol. The van der Waals surface area contributed by atoms with E-state index in [1.807, 2.05) is 0 Å². The summed E-state index contributed by atoms with van der Waals surface area (Å²) in [5, 5.41) is 7.74. The average Bonchev–Trinajstić information content (AvgIpc) is 3.62. The van der Waals surface area contributed by atoms with Crippen LogP contribution in [0, 0.1) is 34.5 Å². The molecular weight excluding hydrogens is 835 g/mol. The molecule has 0 aromatic heterocycles. The molecule has 6 unspecified atom stereocenters. The highest BCUT2D eigenvalue weighted by molar-refractivity contribution is 7.85. The summed E-state index contributed by atoms with van der Waals surface area (Å²) in [6.07, 6.45) is 36.1. The lowest BCUT2D eigenvalue weighted by atomic mass is 9.57. The fourth-order valence-corrected chi connectivity index (χ4v) is 14.8. The van der Waals surface area contributed by atoms with Gasteiger partial charge in [0, 0.05) is 61.6 Å². The summed E-state index contributed by atoms with van der Waals surface area (Å²) in [7, 11) is 0.282. The molecule has 0 radical (unpaired) electrons. The molecule has 0 amide bonds. The van der Waals surface area contributed by atoms with Gasteiger partial charge in [-0.05, 0) is 178 Å². The fraction of sp³-hybridized carbons (Fsp3) is 0.811. The maximum absolute atomic E-state index is 11.6. The van der Waals surface area contributed by atoms with E-state index in [2.05, 4.69) is 91.1 Å². The van der Waals surface area contributed by atoms with Crippen LogP contribution < -0.4 is 10.6 Å². The number of rotatable bonds is 18. The third kappa shape index (κ3) is 12.1. The fourth-order valence-electron chi connectivity index (χ4n) is 14.0. The van der Waals surface area contributed by atoms with E-state index in [4.69, 9.17) is 17.0 Å². The Bertz CT molecular complexity index is 1870. The first-order chi connectivity index (χ1) is 30.6. The van der Waals surface area contributed by atoms with Gasteiger partial charge in [-0.3, -0.25) is 4.55 Å². The summed E-state index contributed by atoms with van der Waals surface area (Å²) in [5.41, 5.74) is 5.74. The van der Waals surface area contributed by atoms with Crippen LogP contribution in [0.1, 0.15) is 169 Å². The summed E-state index contributed by atoms with van der Waals surface area (Å²) in [6.45, 7) is 14.7. The molecule has 9 nitrogen and oxygen atoms in total. The number of hydrogen-bond acceptors (Lipinski definition) is 6. The smallest absolute Gasteiger partial charge is 0.264 e. The van der Waals surface area contributed by atoms with Gasteiger partial charge in [-0.15, -0.1) is 0 Å². The molecule has 11 heteroatoms. The number of nitrogens with zero attached hydrogens (tertiary/aromatic N) is 3. The Hall–Kier alpha value is -2.21. The van der Waals surface area contributed by atoms with E-state index in [1.165, 1.54) is 106 Å². The van der Waals surface area contributed by atoms with E-state index in [0.29, 0.717) is 30.3 Å². The zero-order valence-corrected chi connectivity index (χ0v) is 42.6. The molecule has 2 aliphatic heterocycles. The first kappa shape index (κ1) is 49.7. The normalized spacial score (nSPS) is 30.9. The summed E-state index contributed by atoms with van der Waals surface area (Å²) in [6, 6.07) is 1.09. The Morgan fingerprint density at radius 2 is 1.55 bits per heavy atom. The van der Waals surface area contributed by atoms with E-state index >= 15 is 0 Å². The molecule has 5 aliphatic carbocycles. The van der Waals surface area contributed by atoms with Crippen LogP contribution in [0.3, 0.4) is 0 Å². The number of fused-ring (bicyclic) bond motifs is 4. The van der Waals surface area contributed by atoms with E-state index in [-0.39, 0.29) is 22.7 Å². The predicted molar refractivity (Wildman–Crippen MR) is 268 cm³/mol. The van der Waals surface area contributed by atoms with Crippen molar-refractivity contribution in [2.75, 3.05) is 52.6 Å². The molecule has 360 valence electrons. The van der Waals surface area contributed by atoms with Gasteiger partial charge in [0.2, 0.25) is 0 Å². The molecule has 3 N–H and O–H groups in total. The Labute approximate surface area is 395 Å². The Morgan fingerprint density at radius 1 is 0.828 bits per heavy atom. The maximum Gasteiger partial charge on any atom is 0.264 e. The van der Waals surface area contributed by atoms with Gasteiger partial charge in [0.1, 0.15) is 12.3 Å². The maximum atomic E-state index is 11.6. The second-order valence-corrected chi connectivity index (χ2v) is 24.4. The summed E-state index contributed by atoms with van der Waals surface area (Å²) >= 11 is 5.69. The molecule has 7 aliphatic rings. The number of likely N-dealkylation sites (tertiary alicyclic amines) is 1. The van der Waals surface area contributed by atoms with Crippen molar-refractivity contribution >= 4 is 33.2 Å². The average molecular weight is 923 g/mol. The van der Waals surface area contributed by atoms with Crippen LogP contribution >= 0.6 is 12.2 Å². The van der Waals surface area contributed by atoms with Crippen LogP contribution in [0.2, 0.25) is 0 Å². The molecule has 64 heavy (non-hydrogen) atoms. The zero-order chi connectivity index (χ0) is 45.5. The zero-order valence-electron chi connectivity index (χ0n) is 41.0. The first-order valence-corrected chi connectivity index (χ1v) is 28.2. The van der Waals surface area contributed by atoms with E-state index in [0.717, 1.165) is 107 Å². The van der Waals surface area contributed by atoms with E-state index in [1.54, 1.807) is 0 Å². The molecule has 2 heterocycles. The minimum atomic E-state index is -3.95. The molecule has 5 fully saturated rings. The lowest BCUT2D eigenvalue weighted by molar-refractivity contribution is -0.569. The standard InChI is InChI=1S/C53H87N5O4S2/c1-52(2)44-25-12-13-26-45(44)57(36-14-15-38-64(59,60)61)47(52)31-28-40-20-16-21-41(50(40)62-42-22-8-7-9-23-42)29-32-48-53(3,4)49-43-24-11-10-19-39(43)27-30-46(49)58(48)37-18-34-55-51(63)54-33-17-35-56(5)6/h28-29,31-32,39,42-46,49H,7-27,30,33-38H2,1-6H3,(H2-,54,55,59,60,61,63)/p+1. The number of hydrogen-bond donors (Lipinski definition) is 3. The van der Waals surface area contributed by atoms with Gasteiger partial charge in [0.15, 0.2) is 16.9 Å². The number of ether oxygens (including phenoxy) is 1. The predicted octanol–water partition coefficient (Wildman–Crippen LogP) is 10.6. The van der Waals surface area contributed by atoms with Crippen LogP contribution in [0.15, 0.2) is 46.9 Å². The van der Waals surface area contributed by atoms with Gasteiger partial charge in [0.25, 0.3) is 10.1 Å². The quantitative estimate of drug-likeness (QED) is 0.0537. The van der Waals surface area contributed by atoms with Crippen LogP contribution in [0.25, 0.3) is 0 Å². The molecule has 0 spiro atoms. The van der Waals surface area contributed by atoms with Gasteiger partial charge in [-0.2, -0.15) is 8.42 Å². The lowest BCUT2D eigenvalue weighted by Crippen LogP contribution is -2.46. The molecule has 6 atom stereocenters. The van der Waals surface area contributed by atoms with E-state index in [9.17, 15) is 13.0 Å². The Kier molecular flexibility index (Phi) is 17.3. The van der Waals surface area contributed by atoms with Crippen molar-refractivity contribution in [3.8, 4) is 0 Å². The Morgan fingerprint density at radius 3 is 2.31 bits per heavy atom. The first-order valence-electron chi connectivity index (χ1n) is 26.2. The van der Waals surface area contributed by atoms with Crippen molar-refractivity contribution in [3.05, 3.63) is 46.9 Å². The Balaban J connectivity index is 1.18. The van der Waals surface area contributed by atoms with Crippen LogP contribution in [-0.4, -0.2) is 109 Å². The second-order valence-electron chi connectivity index (χ2n) is 22.4. The van der Waals surface area contributed by atoms with Crippen molar-refractivity contribution in [2.24, 2.45) is 34.5 Å². The number of allylic oxidation sites excluding steroid dienone is 7. The second kappa shape index (κ2) is 22.3. The molecule has 0 aromatic rings. The van der Waals surface area contributed by atoms with Crippen molar-refractivity contribution < 1.29 is 22.3 Å². The van der Waals surface area contributed by atoms with E-state index < -0.39 is 10.1 Å². The molecule has 4 saturated carbocycles. The third-order valence-electron chi connectivity index (χ3n) is 17.1. The van der Waals surface area contributed by atoms with Gasteiger partial charge in [-0.25, -0.2) is 4.58 Å². The summed E-state index contributed by atoms with van der Waals surface area (Å²) < 4.78 is 42.7. The molecule has 1 saturated heterocycles. The summed E-state index contributed by atoms with van der Waals surface area (Å²) in [4.78, 5) is 4.85. The lowest BCUT2D eigenvalue weighted by Gasteiger charge is -2.45. The van der Waals surface area contributed by atoms with Crippen LogP contribution in [0.4, 0.5) is 0 Å². The van der Waals surface area contributed by atoms with Gasteiger partial charge in [0.05, 0.1) is 17.3 Å². The highest BCUT2D eigenvalue weighted by atomic mass is 32.2. The number of unbranched alkanes of at least 4 members (excludes halogenated alkanes) is 1. The van der Waals surface area contributed by atoms with Crippen molar-refractivity contribution in [1.82, 2.24) is 20.4 Å². The molecular formula is C53H88N5O4S2+. The highest BCUT2D eigenvalue weighted by Gasteiger charge is 2.59.